The number of carbonyl (C=O) groups is 2. The van der Waals surface area contributed by atoms with Crippen LogP contribution in [0.1, 0.15) is 67.6 Å². The van der Waals surface area contributed by atoms with Gasteiger partial charge in [-0.25, -0.2) is 10.5 Å². The van der Waals surface area contributed by atoms with Gasteiger partial charge in [-0.2, -0.15) is 0 Å². The van der Waals surface area contributed by atoms with Crippen LogP contribution in [0.15, 0.2) is 78.0 Å². The summed E-state index contributed by atoms with van der Waals surface area (Å²) >= 11 is 1.64. The van der Waals surface area contributed by atoms with Crippen LogP contribution in [-0.2, 0) is 25.7 Å². The molecule has 1 saturated heterocycles. The van der Waals surface area contributed by atoms with Crippen LogP contribution >= 0.6 is 11.8 Å². The molecule has 1 aliphatic rings. The lowest BCUT2D eigenvalue weighted by atomic mass is 10.0. The summed E-state index contributed by atoms with van der Waals surface area (Å²) < 4.78 is 12.8. The first-order chi connectivity index (χ1) is 19.5. The first-order valence-electron chi connectivity index (χ1n) is 13.4. The van der Waals surface area contributed by atoms with E-state index >= 15 is 0 Å². The van der Waals surface area contributed by atoms with E-state index in [1.807, 2.05) is 66.7 Å². The van der Waals surface area contributed by atoms with E-state index in [9.17, 15) is 14.7 Å². The zero-order valence-electron chi connectivity index (χ0n) is 22.2. The van der Waals surface area contributed by atoms with E-state index in [1.165, 1.54) is 0 Å². The summed E-state index contributed by atoms with van der Waals surface area (Å²) in [6.45, 7) is -0.0136. The van der Waals surface area contributed by atoms with E-state index in [-0.39, 0.29) is 31.1 Å². The Kier molecular flexibility index (Phi) is 11.5. The molecule has 0 saturated carbocycles. The normalized spacial score (nSPS) is 18.7. The molecule has 2 amide bonds. The van der Waals surface area contributed by atoms with Gasteiger partial charge in [0.15, 0.2) is 6.29 Å². The monoisotopic (exact) mass is 565 g/mol. The number of pyridine rings is 1. The number of aliphatic hydroxyl groups excluding tert-OH is 1. The summed E-state index contributed by atoms with van der Waals surface area (Å²) in [5.41, 5.74) is 4.92. The van der Waals surface area contributed by atoms with Crippen molar-refractivity contribution in [2.75, 3.05) is 11.1 Å². The van der Waals surface area contributed by atoms with Crippen molar-refractivity contribution >= 4 is 29.3 Å². The highest BCUT2D eigenvalue weighted by atomic mass is 32.2. The van der Waals surface area contributed by atoms with Crippen molar-refractivity contribution in [3.8, 4) is 0 Å². The molecule has 0 aliphatic carbocycles. The Bertz CT molecular complexity index is 1230. The standard InChI is InChI=1S/C30H35N3O6S/c34-19-21-12-14-22(15-13-21)26-18-25(20-40-29-11-4-5-16-31-29)38-30(39-26)23-7-6-8-24(17-23)32-27(35)9-2-1-3-10-28(36)33-37/h4-8,11-17,25-26,30,34,37H,1-3,9-10,18-20H2,(H,32,35)(H,33,36). The molecule has 2 heterocycles. The fraction of sp³-hybridized carbons (Fsp3) is 0.367. The summed E-state index contributed by atoms with van der Waals surface area (Å²) in [6, 6.07) is 21.1. The molecule has 3 unspecified atom stereocenters. The van der Waals surface area contributed by atoms with Gasteiger partial charge in [0.2, 0.25) is 11.8 Å². The highest BCUT2D eigenvalue weighted by Gasteiger charge is 2.32. The number of anilines is 1. The first kappa shape index (κ1) is 29.7. The number of nitrogens with zero attached hydrogens (tertiary/aromatic N) is 1. The van der Waals surface area contributed by atoms with E-state index in [1.54, 1.807) is 23.4 Å². The molecule has 10 heteroatoms. The van der Waals surface area contributed by atoms with Crippen molar-refractivity contribution in [2.45, 2.75) is 68.7 Å². The summed E-state index contributed by atoms with van der Waals surface area (Å²) in [6.07, 6.45) is 4.05. The molecule has 4 rings (SSSR count). The maximum Gasteiger partial charge on any atom is 0.243 e. The molecule has 0 radical (unpaired) electrons. The lowest BCUT2D eigenvalue weighted by molar-refractivity contribution is -0.245. The largest absolute Gasteiger partial charge is 0.392 e. The van der Waals surface area contributed by atoms with Crippen LogP contribution in [0.3, 0.4) is 0 Å². The number of aromatic nitrogens is 1. The average Bonchev–Trinajstić information content (AvgIpc) is 3.00. The lowest BCUT2D eigenvalue weighted by Crippen LogP contribution is -2.31. The van der Waals surface area contributed by atoms with Crippen molar-refractivity contribution in [3.63, 3.8) is 0 Å². The maximum absolute atomic E-state index is 12.5. The second-order valence-corrected chi connectivity index (χ2v) is 10.6. The highest BCUT2D eigenvalue weighted by Crippen LogP contribution is 2.39. The maximum atomic E-state index is 12.5. The smallest absolute Gasteiger partial charge is 0.243 e. The number of benzene rings is 2. The van der Waals surface area contributed by atoms with Crippen LogP contribution in [0.2, 0.25) is 0 Å². The van der Waals surface area contributed by atoms with Gasteiger partial charge in [-0.05, 0) is 48.2 Å². The molecule has 1 fully saturated rings. The van der Waals surface area contributed by atoms with Gasteiger partial charge in [0.05, 0.1) is 23.8 Å². The molecule has 3 aromatic rings. The second-order valence-electron chi connectivity index (χ2n) is 9.60. The van der Waals surface area contributed by atoms with E-state index in [0.29, 0.717) is 43.5 Å². The fourth-order valence-electron chi connectivity index (χ4n) is 4.42. The minimum atomic E-state index is -0.625. The van der Waals surface area contributed by atoms with Gasteiger partial charge < -0.3 is 19.9 Å². The van der Waals surface area contributed by atoms with E-state index < -0.39 is 12.2 Å². The van der Waals surface area contributed by atoms with Crippen LogP contribution in [0, 0.1) is 0 Å². The van der Waals surface area contributed by atoms with Gasteiger partial charge in [-0.1, -0.05) is 48.9 Å². The topological polar surface area (TPSA) is 130 Å². The SMILES string of the molecule is O=C(CCCCCC(=O)Nc1cccc(C2OC(CSc3ccccn3)CC(c3ccc(CO)cc3)O2)c1)NO. The van der Waals surface area contributed by atoms with Crippen LogP contribution in [0.4, 0.5) is 5.69 Å². The van der Waals surface area contributed by atoms with Gasteiger partial charge in [-0.3, -0.25) is 14.8 Å². The van der Waals surface area contributed by atoms with Gasteiger partial charge in [0.25, 0.3) is 0 Å². The molecule has 1 aromatic heterocycles. The van der Waals surface area contributed by atoms with Crippen molar-refractivity contribution in [1.29, 1.82) is 0 Å². The Hall–Kier alpha value is -3.28. The number of rotatable bonds is 13. The quantitative estimate of drug-likeness (QED) is 0.0950. The Morgan fingerprint density at radius 3 is 2.45 bits per heavy atom. The van der Waals surface area contributed by atoms with Crippen molar-refractivity contribution in [3.05, 3.63) is 89.6 Å². The Balaban J connectivity index is 1.40. The summed E-state index contributed by atoms with van der Waals surface area (Å²) in [4.78, 5) is 28.0. The van der Waals surface area contributed by atoms with Gasteiger partial charge >= 0.3 is 0 Å². The molecule has 3 atom stereocenters. The summed E-state index contributed by atoms with van der Waals surface area (Å²) in [7, 11) is 0. The third kappa shape index (κ3) is 9.14. The number of aliphatic hydroxyl groups is 1. The zero-order valence-corrected chi connectivity index (χ0v) is 23.0. The number of unbranched alkanes of at least 4 members (excludes halogenated alkanes) is 2. The van der Waals surface area contributed by atoms with E-state index in [0.717, 1.165) is 21.7 Å². The van der Waals surface area contributed by atoms with Gasteiger partial charge in [0, 0.05) is 42.5 Å². The van der Waals surface area contributed by atoms with Gasteiger partial charge in [-0.15, -0.1) is 11.8 Å². The zero-order chi connectivity index (χ0) is 28.2. The third-order valence-electron chi connectivity index (χ3n) is 6.54. The highest BCUT2D eigenvalue weighted by molar-refractivity contribution is 7.99. The molecule has 9 nitrogen and oxygen atoms in total. The van der Waals surface area contributed by atoms with Crippen LogP contribution in [0.5, 0.6) is 0 Å². The summed E-state index contributed by atoms with van der Waals surface area (Å²) in [5, 5.41) is 21.8. The Morgan fingerprint density at radius 2 is 1.73 bits per heavy atom. The van der Waals surface area contributed by atoms with Crippen molar-refractivity contribution in [1.82, 2.24) is 10.5 Å². The molecule has 0 bridgehead atoms. The number of amides is 2. The molecule has 2 aromatic carbocycles. The van der Waals surface area contributed by atoms with Crippen LogP contribution < -0.4 is 10.8 Å². The number of hydrogen-bond acceptors (Lipinski definition) is 8. The number of hydrogen-bond donors (Lipinski definition) is 4. The molecular weight excluding hydrogens is 530 g/mol. The lowest BCUT2D eigenvalue weighted by Gasteiger charge is -2.36. The number of nitrogens with one attached hydrogen (secondary N) is 2. The molecular formula is C30H35N3O6S. The molecule has 0 spiro atoms. The predicted molar refractivity (Wildman–Crippen MR) is 151 cm³/mol. The first-order valence-corrected chi connectivity index (χ1v) is 14.4. The molecule has 212 valence electrons. The van der Waals surface area contributed by atoms with Crippen LogP contribution in [0.25, 0.3) is 0 Å². The minimum absolute atomic E-state index is 0.0136. The van der Waals surface area contributed by atoms with Crippen molar-refractivity contribution in [2.24, 2.45) is 0 Å². The Labute approximate surface area is 238 Å². The number of thioether (sulfide) groups is 1. The number of carbonyl (C=O) groups excluding carboxylic acids is 2. The van der Waals surface area contributed by atoms with Crippen molar-refractivity contribution < 1.29 is 29.4 Å². The molecule has 1 aliphatic heterocycles. The van der Waals surface area contributed by atoms with E-state index in [4.69, 9.17) is 14.7 Å². The number of ether oxygens (including phenoxy) is 2. The van der Waals surface area contributed by atoms with E-state index in [2.05, 4.69) is 10.3 Å². The minimum Gasteiger partial charge on any atom is -0.392 e. The molecule has 4 N–H and O–H groups in total. The second kappa shape index (κ2) is 15.5. The van der Waals surface area contributed by atoms with Gasteiger partial charge in [0.1, 0.15) is 0 Å². The number of hydroxylamine groups is 1. The average molecular weight is 566 g/mol. The fourth-order valence-corrected chi connectivity index (χ4v) is 5.31. The molecule has 40 heavy (non-hydrogen) atoms. The van der Waals surface area contributed by atoms with Crippen LogP contribution in [-0.4, -0.2) is 39.0 Å². The summed E-state index contributed by atoms with van der Waals surface area (Å²) in [5.74, 6) is 0.175. The third-order valence-corrected chi connectivity index (χ3v) is 7.62. The predicted octanol–water partition coefficient (Wildman–Crippen LogP) is 5.31. The Morgan fingerprint density at radius 1 is 0.925 bits per heavy atom.